The van der Waals surface area contributed by atoms with Gasteiger partial charge in [0.05, 0.1) is 26.4 Å². The monoisotopic (exact) mass is 1000 g/mol. The van der Waals surface area contributed by atoms with Crippen molar-refractivity contribution in [2.24, 2.45) is 22.9 Å². The molecule has 0 unspecified atom stereocenters. The van der Waals surface area contributed by atoms with Crippen molar-refractivity contribution in [2.75, 3.05) is 171 Å². The summed E-state index contributed by atoms with van der Waals surface area (Å²) in [6.45, 7) is 15.5. The molecular weight excluding hydrogens is 913 g/mol. The Morgan fingerprint density at radius 3 is 0.957 bits per heavy atom. The molecule has 0 aliphatic rings. The van der Waals surface area contributed by atoms with E-state index in [4.69, 9.17) is 41.9 Å². The highest BCUT2D eigenvalue weighted by atomic mass is 16.6. The highest BCUT2D eigenvalue weighted by Crippen LogP contribution is 2.06. The van der Waals surface area contributed by atoms with Gasteiger partial charge < -0.3 is 93.8 Å². The minimum Gasteiger partial charge on any atom is -0.444 e. The van der Waals surface area contributed by atoms with Gasteiger partial charge in [-0.1, -0.05) is 0 Å². The van der Waals surface area contributed by atoms with Gasteiger partial charge in [-0.25, -0.2) is 4.79 Å². The lowest BCUT2D eigenvalue weighted by Crippen LogP contribution is -2.41. The van der Waals surface area contributed by atoms with E-state index in [-0.39, 0.29) is 74.0 Å². The van der Waals surface area contributed by atoms with E-state index >= 15 is 0 Å². The van der Waals surface area contributed by atoms with Gasteiger partial charge in [0.25, 0.3) is 0 Å². The first-order valence-corrected chi connectivity index (χ1v) is 24.9. The Bertz CT molecular complexity index is 1290. The minimum atomic E-state index is -0.549. The van der Waals surface area contributed by atoms with E-state index in [2.05, 4.69) is 37.2 Å². The van der Waals surface area contributed by atoms with Crippen LogP contribution in [-0.4, -0.2) is 232 Å². The zero-order valence-corrected chi connectivity index (χ0v) is 42.7. The molecule has 0 rings (SSSR count). The number of carbonyl (C=O) groups excluding carboxylic acids is 7. The van der Waals surface area contributed by atoms with Crippen LogP contribution in [0.4, 0.5) is 4.79 Å². The van der Waals surface area contributed by atoms with Gasteiger partial charge in [-0.05, 0) is 33.6 Å². The van der Waals surface area contributed by atoms with E-state index in [0.717, 1.165) is 0 Å². The third-order valence-electron chi connectivity index (χ3n) is 9.94. The van der Waals surface area contributed by atoms with E-state index in [1.165, 1.54) is 0 Å². The molecule has 0 bridgehead atoms. The number of nitrogens with two attached hydrogens (primary N) is 4. The van der Waals surface area contributed by atoms with Crippen molar-refractivity contribution in [3.05, 3.63) is 0 Å². The van der Waals surface area contributed by atoms with Crippen molar-refractivity contribution < 1.29 is 52.5 Å². The third kappa shape index (κ3) is 43.7. The zero-order chi connectivity index (χ0) is 52.1. The average Bonchev–Trinajstić information content (AvgIpc) is 3.32. The van der Waals surface area contributed by atoms with Crippen LogP contribution in [0, 0.1) is 0 Å². The molecule has 0 aromatic carbocycles. The number of ether oxygens (including phenoxy) is 4. The van der Waals surface area contributed by atoms with Crippen LogP contribution in [0.25, 0.3) is 0 Å². The second kappa shape index (κ2) is 44.6. The van der Waals surface area contributed by atoms with Gasteiger partial charge in [0.15, 0.2) is 0 Å². The maximum absolute atomic E-state index is 13.1. The number of alkyl carbamates (subject to hydrolysis) is 1. The molecule has 7 amide bonds. The number of carbonyl (C=O) groups is 7. The first-order chi connectivity index (χ1) is 33.6. The third-order valence-corrected chi connectivity index (χ3v) is 9.94. The van der Waals surface area contributed by atoms with Crippen molar-refractivity contribution in [3.63, 3.8) is 0 Å². The van der Waals surface area contributed by atoms with E-state index in [0.29, 0.717) is 183 Å². The number of hydrogen-bond acceptors (Lipinski definition) is 18. The molecule has 0 aromatic heterocycles. The Hall–Kier alpha value is -4.31. The van der Waals surface area contributed by atoms with E-state index < -0.39 is 11.7 Å². The van der Waals surface area contributed by atoms with Gasteiger partial charge in [0.2, 0.25) is 35.4 Å². The van der Waals surface area contributed by atoms with Crippen molar-refractivity contribution in [2.45, 2.75) is 77.7 Å². The molecule has 70 heavy (non-hydrogen) atoms. The number of amides is 7. The molecule has 0 atom stereocenters. The van der Waals surface area contributed by atoms with Crippen molar-refractivity contribution in [1.29, 1.82) is 0 Å². The van der Waals surface area contributed by atoms with Crippen molar-refractivity contribution >= 4 is 41.5 Å². The van der Waals surface area contributed by atoms with E-state index in [9.17, 15) is 33.6 Å². The average molecular weight is 1010 g/mol. The zero-order valence-electron chi connectivity index (χ0n) is 42.7. The minimum absolute atomic E-state index is 0.150. The lowest BCUT2D eigenvalue weighted by atomic mass is 10.2. The Kier molecular flexibility index (Phi) is 41.9. The molecule has 408 valence electrons. The lowest BCUT2D eigenvalue weighted by molar-refractivity contribution is -0.123. The second-order valence-corrected chi connectivity index (χ2v) is 17.3. The van der Waals surface area contributed by atoms with Crippen molar-refractivity contribution in [3.8, 4) is 0 Å². The van der Waals surface area contributed by atoms with Crippen LogP contribution in [0.15, 0.2) is 0 Å². The number of nitrogens with one attached hydrogen (secondary N) is 7. The molecule has 0 radical (unpaired) electrons. The normalized spacial score (nSPS) is 11.4. The first-order valence-electron chi connectivity index (χ1n) is 24.9. The smallest absolute Gasteiger partial charge is 0.407 e. The van der Waals surface area contributed by atoms with E-state index in [1.807, 2.05) is 14.7 Å². The quantitative estimate of drug-likeness (QED) is 0.0260. The molecule has 15 N–H and O–H groups in total. The lowest BCUT2D eigenvalue weighted by Gasteiger charge is -2.24. The molecule has 0 fully saturated rings. The molecule has 25 nitrogen and oxygen atoms in total. The fourth-order valence-corrected chi connectivity index (χ4v) is 6.26. The summed E-state index contributed by atoms with van der Waals surface area (Å²) in [6, 6.07) is 0. The maximum atomic E-state index is 13.1. The molecule has 0 saturated heterocycles. The highest BCUT2D eigenvalue weighted by molar-refractivity contribution is 5.78. The molecule has 0 spiro atoms. The summed E-state index contributed by atoms with van der Waals surface area (Å²) in [5.41, 5.74) is 21.4. The van der Waals surface area contributed by atoms with Gasteiger partial charge in [0.1, 0.15) is 5.60 Å². The van der Waals surface area contributed by atoms with Gasteiger partial charge in [-0.2, -0.15) is 0 Å². The van der Waals surface area contributed by atoms with Gasteiger partial charge in [-0.3, -0.25) is 28.8 Å². The Morgan fingerprint density at radius 1 is 0.357 bits per heavy atom. The Morgan fingerprint density at radius 2 is 0.643 bits per heavy atom. The van der Waals surface area contributed by atoms with Crippen molar-refractivity contribution in [1.82, 2.24) is 51.9 Å². The van der Waals surface area contributed by atoms with Crippen LogP contribution < -0.4 is 60.2 Å². The van der Waals surface area contributed by atoms with Crippen LogP contribution in [0.5, 0.6) is 0 Å². The Labute approximate surface area is 416 Å². The summed E-state index contributed by atoms with van der Waals surface area (Å²) < 4.78 is 22.1. The summed E-state index contributed by atoms with van der Waals surface area (Å²) >= 11 is 0. The predicted molar refractivity (Wildman–Crippen MR) is 267 cm³/mol. The fourth-order valence-electron chi connectivity index (χ4n) is 6.26. The fraction of sp³-hybridized carbons (Fsp3) is 0.844. The molecular formula is C45H92N14O11. The number of nitrogens with zero attached hydrogens (tertiary/aromatic N) is 3. The number of hydrogen-bond donors (Lipinski definition) is 11. The molecule has 0 aliphatic heterocycles. The first kappa shape index (κ1) is 65.7. The molecule has 0 aliphatic carbocycles. The van der Waals surface area contributed by atoms with Crippen LogP contribution in [0.1, 0.15) is 72.1 Å². The summed E-state index contributed by atoms with van der Waals surface area (Å²) in [4.78, 5) is 92.7. The van der Waals surface area contributed by atoms with Gasteiger partial charge in [0, 0.05) is 183 Å². The highest BCUT2D eigenvalue weighted by Gasteiger charge is 2.17. The summed E-state index contributed by atoms with van der Waals surface area (Å²) in [5.74, 6) is -0.963. The summed E-state index contributed by atoms with van der Waals surface area (Å²) in [7, 11) is 0. The van der Waals surface area contributed by atoms with Crippen LogP contribution >= 0.6 is 0 Å². The molecule has 25 heteroatoms. The SMILES string of the molecule is CC(C)(C)OC(=O)NCCCOCCOCCOCCCN(CCC(=O)NCCN(CCC(=O)NCCN)CCC(=O)NCCN)CCC(=O)NCCN(CCC(=O)NCCN)CCC(=O)NCCN. The predicted octanol–water partition coefficient (Wildman–Crippen LogP) is -3.88. The summed E-state index contributed by atoms with van der Waals surface area (Å²) in [6.07, 6.45) is 2.03. The van der Waals surface area contributed by atoms with Crippen LogP contribution in [0.2, 0.25) is 0 Å². The molecule has 0 heterocycles. The van der Waals surface area contributed by atoms with Gasteiger partial charge >= 0.3 is 6.09 Å². The molecule has 0 saturated carbocycles. The molecule has 0 aromatic rings. The van der Waals surface area contributed by atoms with Crippen LogP contribution in [-0.2, 0) is 47.7 Å². The van der Waals surface area contributed by atoms with E-state index in [1.54, 1.807) is 20.8 Å². The second-order valence-electron chi connectivity index (χ2n) is 17.3. The Balaban J connectivity index is 5.16. The standard InChI is InChI=1S/C45H92N14O11/c1-45(2,3)70-44(66)56-16-4-32-67-34-36-69-37-35-68-33-5-23-57(24-6-42(64)54-21-30-58(26-8-38(60)50-17-12-46)27-9-39(61)51-18-13-47)25-7-43(65)55-22-31-59(28-10-40(62)52-19-14-48)29-11-41(63)53-20-15-49/h4-37,46-49H2,1-3H3,(H,50,60)(H,51,61)(H,52,62)(H,53,63)(H,54,64)(H,55,65)(H,56,66). The summed E-state index contributed by atoms with van der Waals surface area (Å²) in [5, 5.41) is 19.5. The van der Waals surface area contributed by atoms with Crippen LogP contribution in [0.3, 0.4) is 0 Å². The maximum Gasteiger partial charge on any atom is 0.407 e. The largest absolute Gasteiger partial charge is 0.444 e. The topological polar surface area (TPSA) is 354 Å². The number of rotatable bonds is 46. The van der Waals surface area contributed by atoms with Gasteiger partial charge in [-0.15, -0.1) is 0 Å².